The summed E-state index contributed by atoms with van der Waals surface area (Å²) in [5.74, 6) is 0.396. The summed E-state index contributed by atoms with van der Waals surface area (Å²) in [6, 6.07) is 9.29. The first kappa shape index (κ1) is 20.2. The van der Waals surface area contributed by atoms with Crippen molar-refractivity contribution in [1.29, 1.82) is 0 Å². The van der Waals surface area contributed by atoms with E-state index < -0.39 is 0 Å². The Labute approximate surface area is 171 Å². The Kier molecular flexibility index (Phi) is 7.18. The SMILES string of the molecule is O=C(CCCCC1SCC2C1NC(=O)N2C(=O)CBr)OCc1ccccc1. The molecule has 1 aromatic rings. The van der Waals surface area contributed by atoms with Gasteiger partial charge in [0.1, 0.15) is 6.61 Å². The van der Waals surface area contributed by atoms with Gasteiger partial charge < -0.3 is 10.1 Å². The Balaban J connectivity index is 1.36. The Morgan fingerprint density at radius 1 is 1.26 bits per heavy atom. The summed E-state index contributed by atoms with van der Waals surface area (Å²) < 4.78 is 5.29. The summed E-state index contributed by atoms with van der Waals surface area (Å²) in [7, 11) is 0. The van der Waals surface area contributed by atoms with Gasteiger partial charge in [-0.2, -0.15) is 11.8 Å². The number of amides is 3. The highest BCUT2D eigenvalue weighted by molar-refractivity contribution is 9.09. The zero-order valence-electron chi connectivity index (χ0n) is 14.9. The lowest BCUT2D eigenvalue weighted by atomic mass is 10.0. The lowest BCUT2D eigenvalue weighted by molar-refractivity contribution is -0.145. The van der Waals surface area contributed by atoms with Crippen molar-refractivity contribution in [2.75, 3.05) is 11.1 Å². The molecular weight excluding hydrogens is 432 g/mol. The molecular formula is C19H23BrN2O4S. The van der Waals surface area contributed by atoms with Crippen molar-refractivity contribution in [1.82, 2.24) is 10.2 Å². The third-order valence-corrected chi connectivity index (χ3v) is 6.85. The average molecular weight is 455 g/mol. The number of imide groups is 1. The zero-order chi connectivity index (χ0) is 19.2. The molecule has 2 fully saturated rings. The van der Waals surface area contributed by atoms with Crippen molar-refractivity contribution >= 4 is 45.6 Å². The minimum Gasteiger partial charge on any atom is -0.461 e. The second-order valence-corrected chi connectivity index (χ2v) is 8.54. The number of nitrogens with zero attached hydrogens (tertiary/aromatic N) is 1. The van der Waals surface area contributed by atoms with Crippen LogP contribution in [0.5, 0.6) is 0 Å². The van der Waals surface area contributed by atoms with Crippen LogP contribution in [-0.2, 0) is 20.9 Å². The number of carbonyl (C=O) groups excluding carboxylic acids is 3. The van der Waals surface area contributed by atoms with Crippen molar-refractivity contribution < 1.29 is 19.1 Å². The molecule has 1 N–H and O–H groups in total. The Morgan fingerprint density at radius 2 is 2.04 bits per heavy atom. The van der Waals surface area contributed by atoms with Crippen LogP contribution in [0.25, 0.3) is 0 Å². The molecule has 0 saturated carbocycles. The van der Waals surface area contributed by atoms with Crippen LogP contribution in [0, 0.1) is 0 Å². The van der Waals surface area contributed by atoms with Crippen LogP contribution in [0.15, 0.2) is 30.3 Å². The maximum Gasteiger partial charge on any atom is 0.324 e. The van der Waals surface area contributed by atoms with E-state index in [4.69, 9.17) is 4.74 Å². The number of hydrogen-bond acceptors (Lipinski definition) is 5. The van der Waals surface area contributed by atoms with Gasteiger partial charge >= 0.3 is 12.0 Å². The molecule has 2 heterocycles. The van der Waals surface area contributed by atoms with Crippen LogP contribution in [-0.4, -0.2) is 51.2 Å². The molecule has 2 saturated heterocycles. The number of nitrogens with one attached hydrogen (secondary N) is 1. The first-order valence-electron chi connectivity index (χ1n) is 9.10. The molecule has 8 heteroatoms. The first-order valence-corrected chi connectivity index (χ1v) is 11.3. The van der Waals surface area contributed by atoms with E-state index >= 15 is 0 Å². The maximum atomic E-state index is 12.0. The summed E-state index contributed by atoms with van der Waals surface area (Å²) in [6.07, 6.45) is 2.97. The molecule has 0 spiro atoms. The van der Waals surface area contributed by atoms with E-state index in [1.807, 2.05) is 30.3 Å². The molecule has 0 aromatic heterocycles. The number of benzene rings is 1. The fraction of sp³-hybridized carbons (Fsp3) is 0.526. The molecule has 2 aliphatic heterocycles. The second-order valence-electron chi connectivity index (χ2n) is 6.70. The predicted molar refractivity (Wildman–Crippen MR) is 108 cm³/mol. The predicted octanol–water partition coefficient (Wildman–Crippen LogP) is 3.09. The van der Waals surface area contributed by atoms with E-state index in [1.54, 1.807) is 11.8 Å². The molecule has 0 radical (unpaired) electrons. The van der Waals surface area contributed by atoms with Crippen LogP contribution >= 0.6 is 27.7 Å². The summed E-state index contributed by atoms with van der Waals surface area (Å²) in [5.41, 5.74) is 0.985. The van der Waals surface area contributed by atoms with Gasteiger partial charge in [0, 0.05) is 17.4 Å². The zero-order valence-corrected chi connectivity index (χ0v) is 17.3. The molecule has 27 heavy (non-hydrogen) atoms. The summed E-state index contributed by atoms with van der Waals surface area (Å²) in [6.45, 7) is 0.311. The molecule has 3 atom stereocenters. The largest absolute Gasteiger partial charge is 0.461 e. The lowest BCUT2D eigenvalue weighted by Gasteiger charge is -2.19. The third-order valence-electron chi connectivity index (χ3n) is 4.88. The number of rotatable bonds is 8. The van der Waals surface area contributed by atoms with E-state index in [9.17, 15) is 14.4 Å². The van der Waals surface area contributed by atoms with Crippen LogP contribution in [0.2, 0.25) is 0 Å². The molecule has 3 rings (SSSR count). The van der Waals surface area contributed by atoms with Crippen LogP contribution in [0.4, 0.5) is 4.79 Å². The average Bonchev–Trinajstić information content (AvgIpc) is 3.21. The number of thioether (sulfide) groups is 1. The quantitative estimate of drug-likeness (QED) is 0.282. The molecule has 0 aliphatic carbocycles. The molecule has 2 aliphatic rings. The van der Waals surface area contributed by atoms with Crippen LogP contribution in [0.3, 0.4) is 0 Å². The molecule has 3 amide bonds. The topological polar surface area (TPSA) is 75.7 Å². The number of unbranched alkanes of at least 4 members (excludes halogenated alkanes) is 1. The van der Waals surface area contributed by atoms with Gasteiger partial charge in [-0.05, 0) is 18.4 Å². The van der Waals surface area contributed by atoms with E-state index in [0.717, 1.165) is 30.6 Å². The fourth-order valence-corrected chi connectivity index (χ4v) is 5.38. The lowest BCUT2D eigenvalue weighted by Crippen LogP contribution is -2.42. The molecule has 146 valence electrons. The van der Waals surface area contributed by atoms with Gasteiger partial charge in [-0.15, -0.1) is 0 Å². The van der Waals surface area contributed by atoms with Crippen LogP contribution in [0.1, 0.15) is 31.2 Å². The maximum absolute atomic E-state index is 12.0. The van der Waals surface area contributed by atoms with E-state index in [1.165, 1.54) is 4.90 Å². The number of esters is 1. The van der Waals surface area contributed by atoms with E-state index in [2.05, 4.69) is 21.2 Å². The first-order chi connectivity index (χ1) is 13.1. The van der Waals surface area contributed by atoms with Gasteiger partial charge in [0.2, 0.25) is 5.91 Å². The third kappa shape index (κ3) is 5.04. The summed E-state index contributed by atoms with van der Waals surface area (Å²) >= 11 is 4.93. The standard InChI is InChI=1S/C19H23BrN2O4S/c20-10-16(23)22-14-12-27-15(18(14)21-19(22)25)8-4-5-9-17(24)26-11-13-6-2-1-3-7-13/h1-3,6-7,14-15,18H,4-5,8-12H2,(H,21,25). The van der Waals surface area contributed by atoms with Gasteiger partial charge in [0.25, 0.3) is 0 Å². The smallest absolute Gasteiger partial charge is 0.324 e. The normalized spacial score (nSPS) is 23.8. The van der Waals surface area contributed by atoms with Crippen molar-refractivity contribution in [3.05, 3.63) is 35.9 Å². The minimum atomic E-state index is -0.288. The number of alkyl halides is 1. The van der Waals surface area contributed by atoms with Crippen molar-refractivity contribution in [3.63, 3.8) is 0 Å². The molecule has 6 nitrogen and oxygen atoms in total. The van der Waals surface area contributed by atoms with Crippen molar-refractivity contribution in [2.45, 2.75) is 49.6 Å². The Bertz CT molecular complexity index is 688. The molecule has 0 bridgehead atoms. The van der Waals surface area contributed by atoms with Crippen LogP contribution < -0.4 is 5.32 Å². The van der Waals surface area contributed by atoms with E-state index in [-0.39, 0.29) is 40.6 Å². The number of urea groups is 1. The van der Waals surface area contributed by atoms with E-state index in [0.29, 0.717) is 13.0 Å². The highest BCUT2D eigenvalue weighted by Crippen LogP contribution is 2.37. The number of ether oxygens (including phenoxy) is 1. The highest BCUT2D eigenvalue weighted by Gasteiger charge is 2.49. The number of hydrogen-bond donors (Lipinski definition) is 1. The second kappa shape index (κ2) is 9.59. The Hall–Kier alpha value is -1.54. The van der Waals surface area contributed by atoms with Gasteiger partial charge in [-0.25, -0.2) is 4.79 Å². The van der Waals surface area contributed by atoms with Gasteiger partial charge in [0.05, 0.1) is 17.4 Å². The van der Waals surface area contributed by atoms with Crippen molar-refractivity contribution in [3.8, 4) is 0 Å². The highest BCUT2D eigenvalue weighted by atomic mass is 79.9. The monoisotopic (exact) mass is 454 g/mol. The number of fused-ring (bicyclic) bond motifs is 1. The van der Waals surface area contributed by atoms with Gasteiger partial charge in [0.15, 0.2) is 0 Å². The Morgan fingerprint density at radius 3 is 2.78 bits per heavy atom. The fourth-order valence-electron chi connectivity index (χ4n) is 3.51. The molecule has 1 aromatic carbocycles. The minimum absolute atomic E-state index is 0.00975. The van der Waals surface area contributed by atoms with Crippen molar-refractivity contribution in [2.24, 2.45) is 0 Å². The molecule has 3 unspecified atom stereocenters. The number of halogens is 1. The number of carbonyl (C=O) groups is 3. The van der Waals surface area contributed by atoms with Gasteiger partial charge in [-0.1, -0.05) is 52.7 Å². The van der Waals surface area contributed by atoms with Gasteiger partial charge in [-0.3, -0.25) is 14.5 Å². The summed E-state index contributed by atoms with van der Waals surface area (Å²) in [4.78, 5) is 37.2. The summed E-state index contributed by atoms with van der Waals surface area (Å²) in [5, 5.41) is 3.39.